The highest BCUT2D eigenvalue weighted by Gasteiger charge is 2.16. The van der Waals surface area contributed by atoms with Crippen LogP contribution in [0.1, 0.15) is 58.3 Å². The van der Waals surface area contributed by atoms with Crippen molar-refractivity contribution in [1.82, 2.24) is 9.78 Å². The molecule has 0 bridgehead atoms. The van der Waals surface area contributed by atoms with Gasteiger partial charge in [0, 0.05) is 6.54 Å². The predicted octanol–water partition coefficient (Wildman–Crippen LogP) is 3.54. The molecule has 0 unspecified atom stereocenters. The number of hydrogen-bond donors (Lipinski definition) is 1. The summed E-state index contributed by atoms with van der Waals surface area (Å²) in [6.07, 6.45) is 5.09. The summed E-state index contributed by atoms with van der Waals surface area (Å²) in [5.41, 5.74) is 1.91. The molecule has 0 aliphatic rings. The zero-order valence-electron chi connectivity index (χ0n) is 11.7. The summed E-state index contributed by atoms with van der Waals surface area (Å²) in [6.45, 7) is 9.56. The Morgan fingerprint density at radius 1 is 1.18 bits per heavy atom. The Morgan fingerprint density at radius 2 is 1.88 bits per heavy atom. The van der Waals surface area contributed by atoms with Crippen LogP contribution in [0.25, 0.3) is 0 Å². The molecule has 0 saturated heterocycles. The molecule has 0 aliphatic carbocycles. The maximum absolute atomic E-state index is 10.2. The van der Waals surface area contributed by atoms with Gasteiger partial charge in [-0.3, -0.25) is 4.68 Å². The van der Waals surface area contributed by atoms with Gasteiger partial charge in [0.1, 0.15) is 5.69 Å². The first-order valence-electron chi connectivity index (χ1n) is 6.87. The molecule has 0 atom stereocenters. The number of unbranched alkanes of at least 4 members (excludes halogenated alkanes) is 1. The number of aromatic hydroxyl groups is 1. The lowest BCUT2D eigenvalue weighted by atomic mass is 10.1. The normalized spacial score (nSPS) is 11.4. The van der Waals surface area contributed by atoms with Gasteiger partial charge in [0.05, 0.1) is 5.69 Å². The lowest BCUT2D eigenvalue weighted by Gasteiger charge is -2.08. The number of rotatable bonds is 7. The van der Waals surface area contributed by atoms with Gasteiger partial charge < -0.3 is 5.11 Å². The fourth-order valence-corrected chi connectivity index (χ4v) is 2.04. The average Bonchev–Trinajstić information content (AvgIpc) is 2.54. The van der Waals surface area contributed by atoms with Gasteiger partial charge in [-0.05, 0) is 25.2 Å². The van der Waals surface area contributed by atoms with E-state index in [-0.39, 0.29) is 0 Å². The molecule has 1 rings (SSSR count). The van der Waals surface area contributed by atoms with Crippen molar-refractivity contribution in [2.45, 2.75) is 66.3 Å². The van der Waals surface area contributed by atoms with Crippen LogP contribution >= 0.6 is 0 Å². The monoisotopic (exact) mass is 238 g/mol. The highest BCUT2D eigenvalue weighted by molar-refractivity contribution is 5.32. The van der Waals surface area contributed by atoms with Crippen molar-refractivity contribution in [2.24, 2.45) is 5.92 Å². The summed E-state index contributed by atoms with van der Waals surface area (Å²) in [4.78, 5) is 0. The Hall–Kier alpha value is -0.990. The Kier molecular flexibility index (Phi) is 5.52. The zero-order chi connectivity index (χ0) is 12.8. The predicted molar refractivity (Wildman–Crippen MR) is 71.3 cm³/mol. The van der Waals surface area contributed by atoms with Crippen molar-refractivity contribution in [3.8, 4) is 5.75 Å². The van der Waals surface area contributed by atoms with Gasteiger partial charge >= 0.3 is 0 Å². The fraction of sp³-hybridized carbons (Fsp3) is 0.786. The maximum atomic E-state index is 10.2. The smallest absolute Gasteiger partial charge is 0.160 e. The van der Waals surface area contributed by atoms with Crippen molar-refractivity contribution in [3.05, 3.63) is 11.4 Å². The van der Waals surface area contributed by atoms with Crippen LogP contribution in [0.4, 0.5) is 0 Å². The quantitative estimate of drug-likeness (QED) is 0.789. The first-order chi connectivity index (χ1) is 8.10. The Morgan fingerprint density at radius 3 is 2.41 bits per heavy atom. The molecule has 1 N–H and O–H groups in total. The Labute approximate surface area is 105 Å². The molecule has 0 saturated carbocycles. The third-order valence-corrected chi connectivity index (χ3v) is 2.89. The minimum absolute atomic E-state index is 0.445. The lowest BCUT2D eigenvalue weighted by molar-refractivity contribution is 0.442. The molecule has 0 spiro atoms. The third-order valence-electron chi connectivity index (χ3n) is 2.89. The van der Waals surface area contributed by atoms with Gasteiger partial charge in [-0.15, -0.1) is 0 Å². The molecule has 0 aliphatic heterocycles. The van der Waals surface area contributed by atoms with Gasteiger partial charge in [-0.25, -0.2) is 0 Å². The summed E-state index contributed by atoms with van der Waals surface area (Å²) >= 11 is 0. The van der Waals surface area contributed by atoms with E-state index in [4.69, 9.17) is 0 Å². The molecule has 17 heavy (non-hydrogen) atoms. The molecule has 3 nitrogen and oxygen atoms in total. The van der Waals surface area contributed by atoms with E-state index in [1.807, 2.05) is 4.68 Å². The van der Waals surface area contributed by atoms with Gasteiger partial charge in [-0.1, -0.05) is 40.5 Å². The maximum Gasteiger partial charge on any atom is 0.160 e. The van der Waals surface area contributed by atoms with Crippen LogP contribution < -0.4 is 0 Å². The van der Waals surface area contributed by atoms with E-state index in [1.165, 1.54) is 0 Å². The number of nitrogens with zero attached hydrogens (tertiary/aromatic N) is 2. The van der Waals surface area contributed by atoms with Crippen molar-refractivity contribution in [3.63, 3.8) is 0 Å². The van der Waals surface area contributed by atoms with Crippen LogP contribution in [-0.2, 0) is 19.4 Å². The third kappa shape index (κ3) is 3.76. The standard InChI is InChI=1S/C14H26N2O/c1-5-7-9-12-14(17)13(8-6-2)16(15-12)10-11(3)4/h11,17H,5-10H2,1-4H3. The minimum atomic E-state index is 0.445. The van der Waals surface area contributed by atoms with Gasteiger partial charge in [0.2, 0.25) is 0 Å². The number of aryl methyl sites for hydroxylation is 1. The minimum Gasteiger partial charge on any atom is -0.504 e. The molecular formula is C14H26N2O. The van der Waals surface area contributed by atoms with E-state index in [2.05, 4.69) is 32.8 Å². The largest absolute Gasteiger partial charge is 0.504 e. The lowest BCUT2D eigenvalue weighted by Crippen LogP contribution is -2.10. The SMILES string of the molecule is CCCCc1nn(CC(C)C)c(CCC)c1O. The van der Waals surface area contributed by atoms with E-state index in [0.717, 1.165) is 50.0 Å². The van der Waals surface area contributed by atoms with Crippen LogP contribution in [-0.4, -0.2) is 14.9 Å². The first kappa shape index (κ1) is 14.1. The second kappa shape index (κ2) is 6.67. The summed E-state index contributed by atoms with van der Waals surface area (Å²) < 4.78 is 2.01. The topological polar surface area (TPSA) is 38.0 Å². The van der Waals surface area contributed by atoms with Crippen molar-refractivity contribution < 1.29 is 5.11 Å². The van der Waals surface area contributed by atoms with Gasteiger partial charge in [-0.2, -0.15) is 5.10 Å². The van der Waals surface area contributed by atoms with E-state index in [1.54, 1.807) is 0 Å². The molecule has 1 heterocycles. The summed E-state index contributed by atoms with van der Waals surface area (Å²) in [6, 6.07) is 0. The van der Waals surface area contributed by atoms with Crippen molar-refractivity contribution in [2.75, 3.05) is 0 Å². The van der Waals surface area contributed by atoms with Crippen molar-refractivity contribution in [1.29, 1.82) is 0 Å². The summed E-state index contributed by atoms with van der Waals surface area (Å²) in [7, 11) is 0. The van der Waals surface area contributed by atoms with Crippen molar-refractivity contribution >= 4 is 0 Å². The van der Waals surface area contributed by atoms with Crippen LogP contribution in [0.5, 0.6) is 5.75 Å². The Balaban J connectivity index is 2.92. The molecule has 1 aromatic rings. The highest BCUT2D eigenvalue weighted by Crippen LogP contribution is 2.25. The van der Waals surface area contributed by atoms with Gasteiger partial charge in [0.25, 0.3) is 0 Å². The van der Waals surface area contributed by atoms with Crippen LogP contribution in [0.15, 0.2) is 0 Å². The number of hydrogen-bond acceptors (Lipinski definition) is 2. The van der Waals surface area contributed by atoms with E-state index in [0.29, 0.717) is 11.7 Å². The highest BCUT2D eigenvalue weighted by atomic mass is 16.3. The van der Waals surface area contributed by atoms with E-state index in [9.17, 15) is 5.11 Å². The first-order valence-corrected chi connectivity index (χ1v) is 6.87. The molecule has 3 heteroatoms. The van der Waals surface area contributed by atoms with Crippen LogP contribution in [0.2, 0.25) is 0 Å². The molecule has 0 radical (unpaired) electrons. The van der Waals surface area contributed by atoms with E-state index >= 15 is 0 Å². The zero-order valence-corrected chi connectivity index (χ0v) is 11.7. The molecular weight excluding hydrogens is 212 g/mol. The molecule has 0 fully saturated rings. The molecule has 98 valence electrons. The summed E-state index contributed by atoms with van der Waals surface area (Å²) in [5, 5.41) is 14.8. The Bertz CT molecular complexity index is 342. The van der Waals surface area contributed by atoms with Gasteiger partial charge in [0.15, 0.2) is 5.75 Å². The average molecular weight is 238 g/mol. The van der Waals surface area contributed by atoms with Crippen LogP contribution in [0, 0.1) is 5.92 Å². The second-order valence-electron chi connectivity index (χ2n) is 5.17. The molecule has 0 amide bonds. The summed E-state index contributed by atoms with van der Waals surface area (Å²) in [5.74, 6) is 1.00. The number of aromatic nitrogens is 2. The molecule has 1 aromatic heterocycles. The van der Waals surface area contributed by atoms with Crippen LogP contribution in [0.3, 0.4) is 0 Å². The fourth-order valence-electron chi connectivity index (χ4n) is 2.04. The second-order valence-corrected chi connectivity index (χ2v) is 5.17. The molecule has 0 aromatic carbocycles. The van der Waals surface area contributed by atoms with E-state index < -0.39 is 0 Å².